The molecule has 0 spiro atoms. The Balaban J connectivity index is 1.77. The molecule has 2 heterocycles. The fourth-order valence-corrected chi connectivity index (χ4v) is 2.55. The molecule has 0 bridgehead atoms. The first-order chi connectivity index (χ1) is 11.1. The number of hydrogen-bond donors (Lipinski definition) is 1. The fraction of sp³-hybridized carbons (Fsp3) is 0.294. The van der Waals surface area contributed by atoms with Crippen molar-refractivity contribution in [2.75, 3.05) is 38.5 Å². The van der Waals surface area contributed by atoms with Crippen molar-refractivity contribution in [1.29, 1.82) is 0 Å². The van der Waals surface area contributed by atoms with Gasteiger partial charge in [-0.2, -0.15) is 0 Å². The molecule has 6 nitrogen and oxygen atoms in total. The molecule has 2 amide bonds. The summed E-state index contributed by atoms with van der Waals surface area (Å²) in [5.74, 6) is -0.214. The molecular weight excluding hydrogens is 294 g/mol. The number of rotatable bonds is 3. The number of benzene rings is 1. The first-order valence-electron chi connectivity index (χ1n) is 7.57. The molecule has 0 unspecified atom stereocenters. The first-order valence-corrected chi connectivity index (χ1v) is 7.57. The normalized spacial score (nSPS) is 15.4. The quantitative estimate of drug-likeness (QED) is 0.940. The summed E-state index contributed by atoms with van der Waals surface area (Å²) in [5.41, 5.74) is 0.995. The number of furan rings is 1. The number of carbonyl (C=O) groups is 2. The SMILES string of the molecule is CN1CCN(C(=O)c2ccccc2NC(=O)c2ccco2)CC1. The molecule has 1 N–H and O–H groups in total. The summed E-state index contributed by atoms with van der Waals surface area (Å²) >= 11 is 0. The zero-order valence-corrected chi connectivity index (χ0v) is 13.0. The Morgan fingerprint density at radius 3 is 2.48 bits per heavy atom. The van der Waals surface area contributed by atoms with Gasteiger partial charge in [0.05, 0.1) is 17.5 Å². The summed E-state index contributed by atoms with van der Waals surface area (Å²) in [5, 5.41) is 2.75. The molecule has 120 valence electrons. The zero-order chi connectivity index (χ0) is 16.2. The smallest absolute Gasteiger partial charge is 0.291 e. The topological polar surface area (TPSA) is 65.8 Å². The highest BCUT2D eigenvalue weighted by atomic mass is 16.3. The summed E-state index contributed by atoms with van der Waals surface area (Å²) in [6.45, 7) is 3.09. The molecule has 0 saturated carbocycles. The summed E-state index contributed by atoms with van der Waals surface area (Å²) in [4.78, 5) is 28.9. The lowest BCUT2D eigenvalue weighted by Crippen LogP contribution is -2.47. The maximum absolute atomic E-state index is 12.7. The Morgan fingerprint density at radius 2 is 1.78 bits per heavy atom. The third-order valence-corrected chi connectivity index (χ3v) is 3.94. The molecule has 1 aliphatic heterocycles. The number of nitrogens with one attached hydrogen (secondary N) is 1. The van der Waals surface area contributed by atoms with Crippen LogP contribution < -0.4 is 5.32 Å². The van der Waals surface area contributed by atoms with Gasteiger partial charge in [0.25, 0.3) is 11.8 Å². The molecule has 0 atom stereocenters. The van der Waals surface area contributed by atoms with E-state index in [4.69, 9.17) is 4.42 Å². The van der Waals surface area contributed by atoms with Gasteiger partial charge < -0.3 is 19.5 Å². The zero-order valence-electron chi connectivity index (χ0n) is 13.0. The standard InChI is InChI=1S/C17H19N3O3/c1-19-8-10-20(11-9-19)17(22)13-5-2-3-6-14(13)18-16(21)15-7-4-12-23-15/h2-7,12H,8-11H2,1H3,(H,18,21). The van der Waals surface area contributed by atoms with E-state index in [2.05, 4.69) is 10.2 Å². The summed E-state index contributed by atoms with van der Waals surface area (Å²) < 4.78 is 5.08. The van der Waals surface area contributed by atoms with Crippen molar-refractivity contribution in [2.24, 2.45) is 0 Å². The van der Waals surface area contributed by atoms with Crippen molar-refractivity contribution in [3.05, 3.63) is 54.0 Å². The lowest BCUT2D eigenvalue weighted by molar-refractivity contribution is 0.0665. The van der Waals surface area contributed by atoms with E-state index >= 15 is 0 Å². The minimum absolute atomic E-state index is 0.0616. The highest BCUT2D eigenvalue weighted by molar-refractivity contribution is 6.07. The highest BCUT2D eigenvalue weighted by Crippen LogP contribution is 2.19. The molecule has 6 heteroatoms. The second kappa shape index (κ2) is 6.66. The lowest BCUT2D eigenvalue weighted by atomic mass is 10.1. The Bertz CT molecular complexity index is 689. The Kier molecular flexibility index (Phi) is 4.43. The number of likely N-dealkylation sites (N-methyl/N-ethyl adjacent to an activating group) is 1. The Morgan fingerprint density at radius 1 is 1.04 bits per heavy atom. The van der Waals surface area contributed by atoms with Gasteiger partial charge in [0, 0.05) is 26.2 Å². The molecule has 0 radical (unpaired) electrons. The summed E-state index contributed by atoms with van der Waals surface area (Å²) in [6.07, 6.45) is 1.44. The number of amides is 2. The second-order valence-corrected chi connectivity index (χ2v) is 5.57. The number of para-hydroxylation sites is 1. The average Bonchev–Trinajstić information content (AvgIpc) is 3.10. The van der Waals surface area contributed by atoms with E-state index in [1.807, 2.05) is 11.9 Å². The van der Waals surface area contributed by atoms with Crippen LogP contribution in [0.5, 0.6) is 0 Å². The van der Waals surface area contributed by atoms with Crippen molar-refractivity contribution in [1.82, 2.24) is 9.80 Å². The number of carbonyl (C=O) groups excluding carboxylic acids is 2. The van der Waals surface area contributed by atoms with Crippen molar-refractivity contribution < 1.29 is 14.0 Å². The van der Waals surface area contributed by atoms with Gasteiger partial charge in [-0.1, -0.05) is 12.1 Å². The largest absolute Gasteiger partial charge is 0.459 e. The molecule has 3 rings (SSSR count). The lowest BCUT2D eigenvalue weighted by Gasteiger charge is -2.32. The molecule has 23 heavy (non-hydrogen) atoms. The highest BCUT2D eigenvalue weighted by Gasteiger charge is 2.23. The van der Waals surface area contributed by atoms with Crippen LogP contribution in [0.25, 0.3) is 0 Å². The second-order valence-electron chi connectivity index (χ2n) is 5.57. The van der Waals surface area contributed by atoms with Gasteiger partial charge in [-0.05, 0) is 31.3 Å². The van der Waals surface area contributed by atoms with Crippen molar-refractivity contribution in [3.8, 4) is 0 Å². The maximum Gasteiger partial charge on any atom is 0.291 e. The third kappa shape index (κ3) is 3.43. The number of nitrogens with zero attached hydrogens (tertiary/aromatic N) is 2. The Labute approximate surface area is 134 Å². The van der Waals surface area contributed by atoms with Crippen LogP contribution in [0.2, 0.25) is 0 Å². The van der Waals surface area contributed by atoms with Gasteiger partial charge in [-0.25, -0.2) is 0 Å². The third-order valence-electron chi connectivity index (χ3n) is 3.94. The van der Waals surface area contributed by atoms with E-state index in [-0.39, 0.29) is 17.6 Å². The number of anilines is 1. The van der Waals surface area contributed by atoms with Crippen molar-refractivity contribution in [2.45, 2.75) is 0 Å². The molecule has 2 aromatic rings. The van der Waals surface area contributed by atoms with E-state index in [1.54, 1.807) is 36.4 Å². The monoisotopic (exact) mass is 313 g/mol. The van der Waals surface area contributed by atoms with Gasteiger partial charge in [-0.15, -0.1) is 0 Å². The number of hydrogen-bond acceptors (Lipinski definition) is 4. The van der Waals surface area contributed by atoms with Gasteiger partial charge in [0.1, 0.15) is 0 Å². The van der Waals surface area contributed by atoms with Crippen LogP contribution in [0.3, 0.4) is 0 Å². The first kappa shape index (κ1) is 15.3. The summed E-state index contributed by atoms with van der Waals surface area (Å²) in [7, 11) is 2.04. The minimum atomic E-state index is -0.367. The predicted octanol–water partition coefficient (Wildman–Crippen LogP) is 1.92. The van der Waals surface area contributed by atoms with Gasteiger partial charge in [0.15, 0.2) is 5.76 Å². The van der Waals surface area contributed by atoms with Crippen LogP contribution in [0.4, 0.5) is 5.69 Å². The molecule has 1 fully saturated rings. The van der Waals surface area contributed by atoms with E-state index in [0.717, 1.165) is 13.1 Å². The van der Waals surface area contributed by atoms with Gasteiger partial charge >= 0.3 is 0 Å². The van der Waals surface area contributed by atoms with E-state index in [0.29, 0.717) is 24.3 Å². The molecule has 0 aliphatic carbocycles. The van der Waals surface area contributed by atoms with Crippen LogP contribution in [0, 0.1) is 0 Å². The van der Waals surface area contributed by atoms with E-state index in [9.17, 15) is 9.59 Å². The molecular formula is C17H19N3O3. The van der Waals surface area contributed by atoms with Gasteiger partial charge in [-0.3, -0.25) is 9.59 Å². The Hall–Kier alpha value is -2.60. The van der Waals surface area contributed by atoms with Crippen LogP contribution >= 0.6 is 0 Å². The van der Waals surface area contributed by atoms with Crippen molar-refractivity contribution in [3.63, 3.8) is 0 Å². The minimum Gasteiger partial charge on any atom is -0.459 e. The van der Waals surface area contributed by atoms with Crippen LogP contribution in [0.1, 0.15) is 20.9 Å². The van der Waals surface area contributed by atoms with Gasteiger partial charge in [0.2, 0.25) is 0 Å². The predicted molar refractivity (Wildman–Crippen MR) is 86.5 cm³/mol. The molecule has 1 aliphatic rings. The van der Waals surface area contributed by atoms with Crippen molar-refractivity contribution >= 4 is 17.5 Å². The molecule has 1 aromatic carbocycles. The maximum atomic E-state index is 12.7. The van der Waals surface area contributed by atoms with Crippen LogP contribution in [0.15, 0.2) is 47.1 Å². The van der Waals surface area contributed by atoms with E-state index < -0.39 is 0 Å². The summed E-state index contributed by atoms with van der Waals surface area (Å²) in [6, 6.07) is 10.3. The average molecular weight is 313 g/mol. The fourth-order valence-electron chi connectivity index (χ4n) is 2.55. The van der Waals surface area contributed by atoms with Crippen LogP contribution in [-0.4, -0.2) is 54.8 Å². The van der Waals surface area contributed by atoms with E-state index in [1.165, 1.54) is 6.26 Å². The number of piperazine rings is 1. The van der Waals surface area contributed by atoms with Crippen LogP contribution in [-0.2, 0) is 0 Å². The molecule has 1 saturated heterocycles. The molecule has 1 aromatic heterocycles.